The van der Waals surface area contributed by atoms with Crippen molar-refractivity contribution in [1.29, 1.82) is 5.26 Å². The zero-order valence-electron chi connectivity index (χ0n) is 65.5. The monoisotopic (exact) mass is 1560 g/mol. The molecule has 0 bridgehead atoms. The highest BCUT2D eigenvalue weighted by Crippen LogP contribution is 2.47. The van der Waals surface area contributed by atoms with E-state index in [2.05, 4.69) is 54.0 Å². The van der Waals surface area contributed by atoms with Crippen LogP contribution in [0.3, 0.4) is 0 Å². The number of alkyl halides is 2. The Morgan fingerprint density at radius 2 is 1.30 bits per heavy atom. The second-order valence-corrected chi connectivity index (χ2v) is 33.5. The molecule has 0 aromatic carbocycles. The van der Waals surface area contributed by atoms with Crippen LogP contribution in [0.2, 0.25) is 0 Å². The number of imide groups is 1. The topological polar surface area (TPSA) is 272 Å². The Morgan fingerprint density at radius 1 is 0.630 bits per heavy atom. The number of likely N-dealkylation sites (N-methyl/N-ethyl adjacent to an activating group) is 3. The van der Waals surface area contributed by atoms with Gasteiger partial charge in [-0.25, -0.2) is 4.79 Å². The van der Waals surface area contributed by atoms with Gasteiger partial charge in [-0.2, -0.15) is 5.26 Å². The number of hydrogen-bond donors (Lipinski definition) is 4. The number of rotatable bonds is 46. The average molecular weight is 1560 g/mol. The maximum absolute atomic E-state index is 13.8. The highest BCUT2D eigenvalue weighted by atomic mass is 35.5. The molecule has 10 rings (SSSR count). The number of fused-ring (bicyclic) bond motifs is 3. The average Bonchev–Trinajstić information content (AvgIpc) is 1.12. The van der Waals surface area contributed by atoms with Crippen LogP contribution in [0, 0.1) is 52.8 Å². The number of unbranched alkanes of at least 4 members (excludes halogenated alkanes) is 2. The number of piperidine rings is 2. The lowest BCUT2D eigenvalue weighted by molar-refractivity contribution is -0.154. The number of halogens is 2. The van der Waals surface area contributed by atoms with E-state index in [9.17, 15) is 29.2 Å². The molecule has 0 radical (unpaired) electrons. The minimum Gasteiger partial charge on any atom is -0.379 e. The lowest BCUT2D eigenvalue weighted by Gasteiger charge is -2.56. The van der Waals surface area contributed by atoms with Gasteiger partial charge in [0, 0.05) is 125 Å². The Balaban J connectivity index is 0.457. The van der Waals surface area contributed by atoms with Crippen LogP contribution in [0.15, 0.2) is 12.2 Å². The molecule has 10 fully saturated rings. The maximum Gasteiger partial charge on any atom is 0.315 e. The third-order valence-corrected chi connectivity index (χ3v) is 25.7. The fourth-order valence-electron chi connectivity index (χ4n) is 19.0. The summed E-state index contributed by atoms with van der Waals surface area (Å²) < 4.78 is 57.8. The summed E-state index contributed by atoms with van der Waals surface area (Å²) in [6, 6.07) is 2.76. The van der Waals surface area contributed by atoms with Gasteiger partial charge in [-0.1, -0.05) is 51.0 Å². The second-order valence-electron chi connectivity index (χ2n) is 32.3. The standard InChI is InChI=1S/C79H134Cl2N12O15/c1-87(25-10-17-73(95)92-29-28-91(55-64(92)22-24-82)75-67-23-27-90(70-16-8-13-60-12-7-15-68(81)74(60)70)56-69(67)85-79(86-75)108-57-65-14-9-26-88(65)2)30-32-100-34-36-102-38-40-104-42-44-106-46-48-107-47-45-105-43-41-103-39-37-101-35-33-99-31-6-4-5-11-58-50-62(80)52-63(51-58)84-78(98)83-53-59-18-19-66-61(49-59)54-93(76(66)96)71-20-21-72(94)89(3)77(71)97/h10,17,58-71,74-75,79,85-86H,4-9,11-16,18-23,25-57H2,1-3H3,(H2,83,84,98)/b17-10+/t58?,59?,60?,61?,62?,63?,64-,65-,66?,67?,68?,69?,70?,71?,74?,75?,79?/m0/s1. The molecule has 4 N–H and O–H groups in total. The Labute approximate surface area is 654 Å². The normalized spacial score (nSPS) is 31.7. The van der Waals surface area contributed by atoms with Gasteiger partial charge < -0.3 is 77.6 Å². The van der Waals surface area contributed by atoms with Gasteiger partial charge >= 0.3 is 6.03 Å². The molecule has 6 amide bonds. The molecular formula is C79H134Cl2N12O15. The van der Waals surface area contributed by atoms with Crippen molar-refractivity contribution in [2.45, 2.75) is 201 Å². The molecule has 6 saturated heterocycles. The van der Waals surface area contributed by atoms with Gasteiger partial charge in [0.1, 0.15) is 6.04 Å². The van der Waals surface area contributed by atoms with Crippen LogP contribution in [0.5, 0.6) is 0 Å². The summed E-state index contributed by atoms with van der Waals surface area (Å²) >= 11 is 13.9. The van der Waals surface area contributed by atoms with E-state index in [0.717, 1.165) is 120 Å². The van der Waals surface area contributed by atoms with Crippen molar-refractivity contribution in [2.75, 3.05) is 212 Å². The number of ether oxygens (including phenoxy) is 10. The zero-order chi connectivity index (χ0) is 75.8. The summed E-state index contributed by atoms with van der Waals surface area (Å²) in [5, 5.41) is 24.5. The van der Waals surface area contributed by atoms with Crippen LogP contribution in [0.25, 0.3) is 0 Å². The number of nitriles is 1. The smallest absolute Gasteiger partial charge is 0.315 e. The van der Waals surface area contributed by atoms with E-state index in [4.69, 9.17) is 70.6 Å². The lowest BCUT2D eigenvalue weighted by atomic mass is 9.67. The van der Waals surface area contributed by atoms with Crippen LogP contribution in [-0.2, 0) is 66.5 Å². The third kappa shape index (κ3) is 27.4. The van der Waals surface area contributed by atoms with Crippen molar-refractivity contribution >= 4 is 52.9 Å². The highest BCUT2D eigenvalue weighted by Gasteiger charge is 2.51. The van der Waals surface area contributed by atoms with Crippen LogP contribution in [0.4, 0.5) is 4.79 Å². The van der Waals surface area contributed by atoms with Crippen LogP contribution in [-0.4, -0.2) is 336 Å². The quantitative estimate of drug-likeness (QED) is 0.0239. The molecule has 17 atom stereocenters. The molecule has 0 aromatic heterocycles. The van der Waals surface area contributed by atoms with Crippen LogP contribution >= 0.6 is 23.2 Å². The molecule has 27 nitrogen and oxygen atoms in total. The van der Waals surface area contributed by atoms with E-state index in [-0.39, 0.29) is 102 Å². The van der Waals surface area contributed by atoms with Gasteiger partial charge in [-0.05, 0) is 140 Å². The number of likely N-dealkylation sites (tertiary alicyclic amines) is 4. The van der Waals surface area contributed by atoms with E-state index >= 15 is 0 Å². The van der Waals surface area contributed by atoms with Crippen molar-refractivity contribution < 1.29 is 71.3 Å². The first-order valence-electron chi connectivity index (χ1n) is 41.7. The van der Waals surface area contributed by atoms with Crippen molar-refractivity contribution in [1.82, 2.24) is 55.6 Å². The van der Waals surface area contributed by atoms with Crippen molar-refractivity contribution in [3.63, 3.8) is 0 Å². The molecule has 0 aromatic rings. The van der Waals surface area contributed by atoms with Crippen molar-refractivity contribution in [2.24, 2.45) is 41.4 Å². The largest absolute Gasteiger partial charge is 0.379 e. The molecule has 29 heteroatoms. The number of amides is 6. The fourth-order valence-corrected chi connectivity index (χ4v) is 20.0. The molecule has 108 heavy (non-hydrogen) atoms. The summed E-state index contributed by atoms with van der Waals surface area (Å²) in [5.74, 6) is 2.04. The molecular weight excluding hydrogens is 1430 g/mol. The van der Waals surface area contributed by atoms with Gasteiger partial charge in [-0.3, -0.25) is 44.5 Å². The van der Waals surface area contributed by atoms with E-state index in [1.165, 1.54) is 45.6 Å². The number of nitrogens with one attached hydrogen (secondary N) is 4. The summed E-state index contributed by atoms with van der Waals surface area (Å²) in [6.45, 7) is 17.2. The minimum absolute atomic E-state index is 0.0377. The maximum atomic E-state index is 13.8. The first kappa shape index (κ1) is 86.9. The van der Waals surface area contributed by atoms with Crippen molar-refractivity contribution in [3.8, 4) is 6.07 Å². The predicted molar refractivity (Wildman–Crippen MR) is 411 cm³/mol. The molecule has 6 aliphatic heterocycles. The van der Waals surface area contributed by atoms with Crippen LogP contribution < -0.4 is 21.3 Å². The van der Waals surface area contributed by atoms with Gasteiger partial charge in [-0.15, -0.1) is 23.2 Å². The van der Waals surface area contributed by atoms with E-state index < -0.39 is 6.04 Å². The number of piperazine rings is 1. The number of nitrogens with zero attached hydrogens (tertiary/aromatic N) is 8. The van der Waals surface area contributed by atoms with Crippen LogP contribution in [0.1, 0.15) is 141 Å². The van der Waals surface area contributed by atoms with E-state index in [0.29, 0.717) is 201 Å². The van der Waals surface area contributed by atoms with Gasteiger partial charge in [0.05, 0.1) is 144 Å². The van der Waals surface area contributed by atoms with Crippen molar-refractivity contribution in [3.05, 3.63) is 12.2 Å². The lowest BCUT2D eigenvalue weighted by Crippen LogP contribution is -2.74. The van der Waals surface area contributed by atoms with Gasteiger partial charge in [0.2, 0.25) is 17.7 Å². The SMILES string of the molecule is CN(C/C=C/C(=O)N1CCN(C2NC(OC[C@@H]3CCCN3C)NC3CN(C4CCCC5CCCC(Cl)C54)CCC32)C[C@@H]1CC#N)CCOCCOCCOCCOCCOCCOCCOCCOCCOCCCCCC1CC(Cl)CC(NC(=O)NCC2CCC3C(=O)N(C4CCC(=O)N(C)C4=O)CC3C2)C1. The molecule has 6 heterocycles. The minimum atomic E-state index is -0.550. The Kier molecular flexibility index (Phi) is 38.1. The van der Waals surface area contributed by atoms with Gasteiger partial charge in [0.15, 0.2) is 6.35 Å². The summed E-state index contributed by atoms with van der Waals surface area (Å²) in [7, 11) is 5.72. The first-order valence-corrected chi connectivity index (χ1v) is 42.6. The molecule has 10 aliphatic rings. The van der Waals surface area contributed by atoms with E-state index in [1.807, 2.05) is 18.0 Å². The first-order chi connectivity index (χ1) is 52.7. The number of carbonyl (C=O) groups excluding carboxylic acids is 5. The Hall–Kier alpha value is -3.48. The summed E-state index contributed by atoms with van der Waals surface area (Å²) in [6.07, 6.45) is 24.7. The molecule has 15 unspecified atom stereocenters. The fraction of sp³-hybridized carbons (Fsp3) is 0.899. The number of urea groups is 1. The van der Waals surface area contributed by atoms with E-state index in [1.54, 1.807) is 11.0 Å². The predicted octanol–water partition coefficient (Wildman–Crippen LogP) is 5.89. The zero-order valence-corrected chi connectivity index (χ0v) is 67.0. The third-order valence-electron chi connectivity index (χ3n) is 24.9. The number of hydrogen-bond acceptors (Lipinski definition) is 22. The molecule has 4 saturated carbocycles. The molecule has 4 aliphatic carbocycles. The Bertz CT molecular complexity index is 2750. The highest BCUT2D eigenvalue weighted by molar-refractivity contribution is 6.21. The summed E-state index contributed by atoms with van der Waals surface area (Å²) in [5.41, 5.74) is 0. The Morgan fingerprint density at radius 3 is 1.96 bits per heavy atom. The molecule has 0 spiro atoms. The molecule has 614 valence electrons. The summed E-state index contributed by atoms with van der Waals surface area (Å²) in [4.78, 5) is 79.6. The number of carbonyl (C=O) groups is 5. The second kappa shape index (κ2) is 47.4. The van der Waals surface area contributed by atoms with Gasteiger partial charge in [0.25, 0.3) is 5.91 Å².